The topological polar surface area (TPSA) is 95.1 Å². The molecule has 3 aromatic rings. The lowest BCUT2D eigenvalue weighted by Gasteiger charge is -2.26. The van der Waals surface area contributed by atoms with E-state index in [9.17, 15) is 8.42 Å². The third-order valence-electron chi connectivity index (χ3n) is 7.35. The van der Waals surface area contributed by atoms with E-state index < -0.39 is 21.8 Å². The van der Waals surface area contributed by atoms with Crippen LogP contribution in [0.25, 0.3) is 0 Å². The van der Waals surface area contributed by atoms with Crippen LogP contribution in [0.2, 0.25) is 0 Å². The second-order valence-corrected chi connectivity index (χ2v) is 14.3. The van der Waals surface area contributed by atoms with Gasteiger partial charge < -0.3 is 18.9 Å². The van der Waals surface area contributed by atoms with E-state index in [0.29, 0.717) is 43.5 Å². The zero-order chi connectivity index (χ0) is 29.9. The Bertz CT molecular complexity index is 1470. The number of hydrogen-bond acceptors (Lipinski definition) is 8. The van der Waals surface area contributed by atoms with Crippen molar-refractivity contribution < 1.29 is 27.4 Å². The molecule has 2 heterocycles. The molecule has 1 unspecified atom stereocenters. The summed E-state index contributed by atoms with van der Waals surface area (Å²) in [6.45, 7) is 9.00. The van der Waals surface area contributed by atoms with E-state index in [1.165, 1.54) is 4.90 Å². The maximum absolute atomic E-state index is 13.8. The van der Waals surface area contributed by atoms with Gasteiger partial charge in [-0.3, -0.25) is 5.32 Å². The zero-order valence-corrected chi connectivity index (χ0v) is 26.4. The Balaban J connectivity index is 1.32. The number of ether oxygens (including phenoxy) is 4. The van der Waals surface area contributed by atoms with Gasteiger partial charge in [-0.15, -0.1) is 11.8 Å². The fraction of sp³-hybridized carbons (Fsp3) is 0.438. The van der Waals surface area contributed by atoms with Crippen molar-refractivity contribution in [3.63, 3.8) is 0 Å². The number of benzene rings is 3. The van der Waals surface area contributed by atoms with E-state index in [0.717, 1.165) is 22.4 Å². The predicted octanol–water partition coefficient (Wildman–Crippen LogP) is 5.53. The average molecular weight is 613 g/mol. The van der Waals surface area contributed by atoms with Crippen LogP contribution in [-0.2, 0) is 34.2 Å². The second-order valence-electron chi connectivity index (χ2n) is 11.7. The van der Waals surface area contributed by atoms with Gasteiger partial charge in [0.05, 0.1) is 11.5 Å². The van der Waals surface area contributed by atoms with Crippen LogP contribution in [0.4, 0.5) is 0 Å². The van der Waals surface area contributed by atoms with Crippen LogP contribution in [0.1, 0.15) is 44.4 Å². The normalized spacial score (nSPS) is 18.4. The highest BCUT2D eigenvalue weighted by molar-refractivity contribution is 7.98. The minimum absolute atomic E-state index is 0.0857. The zero-order valence-electron chi connectivity index (χ0n) is 24.8. The molecule has 2 aliphatic heterocycles. The molecule has 0 radical (unpaired) electrons. The quantitative estimate of drug-likeness (QED) is 0.258. The molecule has 1 saturated heterocycles. The van der Waals surface area contributed by atoms with Crippen LogP contribution in [0.3, 0.4) is 0 Å². The summed E-state index contributed by atoms with van der Waals surface area (Å²) in [5.41, 5.74) is 2.36. The van der Waals surface area contributed by atoms with Gasteiger partial charge in [0, 0.05) is 23.0 Å². The van der Waals surface area contributed by atoms with E-state index in [2.05, 4.69) is 54.4 Å². The van der Waals surface area contributed by atoms with Crippen molar-refractivity contribution in [2.24, 2.45) is 5.92 Å². The molecule has 0 bridgehead atoms. The molecule has 3 aromatic carbocycles. The maximum atomic E-state index is 13.8. The molecule has 1 fully saturated rings. The van der Waals surface area contributed by atoms with Crippen LogP contribution in [0.5, 0.6) is 17.2 Å². The summed E-state index contributed by atoms with van der Waals surface area (Å²) in [5.74, 6) is 2.17. The van der Waals surface area contributed by atoms with Gasteiger partial charge in [0.1, 0.15) is 18.1 Å². The van der Waals surface area contributed by atoms with Gasteiger partial charge in [0.25, 0.3) is 0 Å². The molecule has 2 atom stereocenters. The van der Waals surface area contributed by atoms with E-state index in [-0.39, 0.29) is 17.7 Å². The SMILES string of the molecule is CSc1ccc(COc2ccc(CC(NS(=O)(=O)c3cc(CC(C)C)c4c(c3)OCO4)[C@H]3COC(C)(C)N3)cc2)cc1. The predicted molar refractivity (Wildman–Crippen MR) is 165 cm³/mol. The van der Waals surface area contributed by atoms with Crippen molar-refractivity contribution in [1.82, 2.24) is 10.0 Å². The molecule has 2 aliphatic rings. The Morgan fingerprint density at radius 2 is 1.74 bits per heavy atom. The first-order valence-electron chi connectivity index (χ1n) is 14.2. The van der Waals surface area contributed by atoms with Crippen LogP contribution >= 0.6 is 11.8 Å². The molecular formula is C32H40N2O6S2. The van der Waals surface area contributed by atoms with E-state index in [4.69, 9.17) is 18.9 Å². The number of fused-ring (bicyclic) bond motifs is 1. The largest absolute Gasteiger partial charge is 0.489 e. The number of hydrogen-bond donors (Lipinski definition) is 2. The highest BCUT2D eigenvalue weighted by Crippen LogP contribution is 2.39. The summed E-state index contributed by atoms with van der Waals surface area (Å²) in [4.78, 5) is 1.38. The summed E-state index contributed by atoms with van der Waals surface area (Å²) < 4.78 is 53.7. The smallest absolute Gasteiger partial charge is 0.241 e. The van der Waals surface area contributed by atoms with Crippen molar-refractivity contribution in [3.05, 3.63) is 77.4 Å². The summed E-state index contributed by atoms with van der Waals surface area (Å²) in [6.07, 6.45) is 3.21. The maximum Gasteiger partial charge on any atom is 0.241 e. The first-order chi connectivity index (χ1) is 20.0. The Morgan fingerprint density at radius 1 is 1.02 bits per heavy atom. The lowest BCUT2D eigenvalue weighted by atomic mass is 10.0. The van der Waals surface area contributed by atoms with Crippen molar-refractivity contribution in [2.75, 3.05) is 19.7 Å². The fourth-order valence-corrected chi connectivity index (χ4v) is 6.99. The first-order valence-corrected chi connectivity index (χ1v) is 16.9. The van der Waals surface area contributed by atoms with Crippen molar-refractivity contribution in [3.8, 4) is 17.2 Å². The van der Waals surface area contributed by atoms with Gasteiger partial charge in [-0.2, -0.15) is 0 Å². The van der Waals surface area contributed by atoms with Crippen LogP contribution in [-0.4, -0.2) is 45.9 Å². The van der Waals surface area contributed by atoms with E-state index in [1.807, 2.05) is 38.1 Å². The minimum Gasteiger partial charge on any atom is -0.489 e. The third-order valence-corrected chi connectivity index (χ3v) is 9.57. The van der Waals surface area contributed by atoms with Gasteiger partial charge in [0.15, 0.2) is 11.5 Å². The average Bonchev–Trinajstić information content (AvgIpc) is 3.58. The second kappa shape index (κ2) is 12.9. The summed E-state index contributed by atoms with van der Waals surface area (Å²) in [5, 5.41) is 3.44. The molecule has 2 N–H and O–H groups in total. The minimum atomic E-state index is -3.89. The molecule has 0 saturated carbocycles. The van der Waals surface area contributed by atoms with Gasteiger partial charge in [-0.25, -0.2) is 13.1 Å². The molecule has 226 valence electrons. The van der Waals surface area contributed by atoms with Crippen molar-refractivity contribution in [2.45, 2.75) is 74.7 Å². The molecule has 8 nitrogen and oxygen atoms in total. The van der Waals surface area contributed by atoms with Gasteiger partial charge in [0.2, 0.25) is 16.8 Å². The number of thioether (sulfide) groups is 1. The molecule has 0 aromatic heterocycles. The number of sulfonamides is 1. The first kappa shape index (κ1) is 30.7. The van der Waals surface area contributed by atoms with Crippen molar-refractivity contribution in [1.29, 1.82) is 0 Å². The van der Waals surface area contributed by atoms with E-state index in [1.54, 1.807) is 23.9 Å². The fourth-order valence-electron chi connectivity index (χ4n) is 5.24. The van der Waals surface area contributed by atoms with Gasteiger partial charge >= 0.3 is 0 Å². The van der Waals surface area contributed by atoms with Crippen LogP contribution in [0.15, 0.2) is 70.5 Å². The Labute approximate surface area is 253 Å². The summed E-state index contributed by atoms with van der Waals surface area (Å²) in [7, 11) is -3.89. The standard InChI is InChI=1S/C32H40N2O6S2/c1-21(2)14-24-16-27(17-30-31(24)39-20-38-30)42(35,36)34-28(29-19-40-32(3,4)33-29)15-22-6-10-25(11-7-22)37-18-23-8-12-26(41-5)13-9-23/h6-13,16-17,21,28-29,33-34H,14-15,18-20H2,1-5H3/t28?,29-/m1/s1. The molecule has 0 amide bonds. The molecule has 0 aliphatic carbocycles. The Hall–Kier alpha value is -2.76. The summed E-state index contributed by atoms with van der Waals surface area (Å²) in [6, 6.07) is 18.7. The number of nitrogens with one attached hydrogen (secondary N) is 2. The summed E-state index contributed by atoms with van der Waals surface area (Å²) >= 11 is 1.71. The van der Waals surface area contributed by atoms with Crippen molar-refractivity contribution >= 4 is 21.8 Å². The van der Waals surface area contributed by atoms with Gasteiger partial charge in [-0.05, 0) is 85.9 Å². The molecule has 10 heteroatoms. The van der Waals surface area contributed by atoms with Crippen LogP contribution in [0, 0.1) is 5.92 Å². The Kier molecular flexibility index (Phi) is 9.39. The lowest BCUT2D eigenvalue weighted by molar-refractivity contribution is 0.0230. The van der Waals surface area contributed by atoms with Crippen LogP contribution < -0.4 is 24.2 Å². The van der Waals surface area contributed by atoms with E-state index >= 15 is 0 Å². The highest BCUT2D eigenvalue weighted by Gasteiger charge is 2.38. The highest BCUT2D eigenvalue weighted by atomic mass is 32.2. The lowest BCUT2D eigenvalue weighted by Crippen LogP contribution is -2.52. The molecule has 5 rings (SSSR count). The molecule has 42 heavy (non-hydrogen) atoms. The Morgan fingerprint density at radius 3 is 2.38 bits per heavy atom. The molecule has 0 spiro atoms. The number of rotatable bonds is 12. The monoisotopic (exact) mass is 612 g/mol. The third kappa shape index (κ3) is 7.60. The molecular weight excluding hydrogens is 572 g/mol. The van der Waals surface area contributed by atoms with Gasteiger partial charge in [-0.1, -0.05) is 38.1 Å².